The van der Waals surface area contributed by atoms with E-state index in [4.69, 9.17) is 18.5 Å². The zero-order chi connectivity index (χ0) is 66.1. The molecule has 2 aliphatic rings. The second-order valence-electron chi connectivity index (χ2n) is 27.3. The van der Waals surface area contributed by atoms with Crippen molar-refractivity contribution in [2.24, 2.45) is 0 Å². The second kappa shape index (κ2) is 44.6. The molecule has 2 atom stereocenters. The number of rotatable bonds is 52. The molecule has 0 aromatic heterocycles. The summed E-state index contributed by atoms with van der Waals surface area (Å²) in [6.07, 6.45) is 52.6. The van der Waals surface area contributed by atoms with Crippen molar-refractivity contribution in [1.29, 1.82) is 0 Å². The molecule has 0 saturated carbocycles. The quantitative estimate of drug-likeness (QED) is 0.0125. The van der Waals surface area contributed by atoms with E-state index in [2.05, 4.69) is 167 Å². The Morgan fingerprint density at radius 1 is 0.604 bits per heavy atom. The fraction of sp³-hybridized carbons (Fsp3) is 0.662. The third-order valence-corrected chi connectivity index (χ3v) is 19.2. The number of allylic oxidation sites excluding steroid dienone is 10. The lowest BCUT2D eigenvalue weighted by molar-refractivity contribution is -0.889. The average molecular weight is 1280 g/mol. The molecular weight excluding hydrogens is 1160 g/mol. The van der Waals surface area contributed by atoms with Gasteiger partial charge < -0.3 is 29.1 Å². The molecule has 0 saturated heterocycles. The van der Waals surface area contributed by atoms with Crippen molar-refractivity contribution in [2.45, 2.75) is 264 Å². The molecule has 0 fully saturated rings. The van der Waals surface area contributed by atoms with Crippen molar-refractivity contribution in [1.82, 2.24) is 5.32 Å². The lowest BCUT2D eigenvalue weighted by atomic mass is 9.81. The largest absolute Gasteiger partial charge is 0.472 e. The number of amides is 1. The summed E-state index contributed by atoms with van der Waals surface area (Å²) < 4.78 is 37.9. The van der Waals surface area contributed by atoms with Crippen LogP contribution >= 0.6 is 7.82 Å². The number of hydrogen-bond acceptors (Lipinski definition) is 9. The molecule has 2 aromatic rings. The number of carbonyl (C=O) groups excluding carboxylic acids is 3. The Kier molecular flexibility index (Phi) is 38.5. The zero-order valence-corrected chi connectivity index (χ0v) is 59.4. The van der Waals surface area contributed by atoms with Gasteiger partial charge in [0.1, 0.15) is 26.8 Å². The first-order chi connectivity index (χ1) is 43.8. The molecule has 4 rings (SSSR count). The summed E-state index contributed by atoms with van der Waals surface area (Å²) in [4.78, 5) is 52.1. The highest BCUT2D eigenvalue weighted by Crippen LogP contribution is 2.48. The van der Waals surface area contributed by atoms with Gasteiger partial charge in [-0.15, -0.1) is 0 Å². The van der Waals surface area contributed by atoms with E-state index in [1.807, 2.05) is 14.1 Å². The van der Waals surface area contributed by atoms with Gasteiger partial charge in [0.05, 0.1) is 39.2 Å². The number of carbonyl (C=O) groups is 3. The Morgan fingerprint density at radius 2 is 1.12 bits per heavy atom. The number of quaternary nitrogens is 1. The van der Waals surface area contributed by atoms with E-state index in [0.29, 0.717) is 43.4 Å². The summed E-state index contributed by atoms with van der Waals surface area (Å²) in [6.45, 7) is 15.1. The highest BCUT2D eigenvalue weighted by molar-refractivity contribution is 7.47. The van der Waals surface area contributed by atoms with Crippen molar-refractivity contribution in [3.8, 4) is 0 Å². The van der Waals surface area contributed by atoms with Crippen LogP contribution in [-0.4, -0.2) is 111 Å². The van der Waals surface area contributed by atoms with Gasteiger partial charge in [0.15, 0.2) is 11.8 Å². The first-order valence-corrected chi connectivity index (χ1v) is 37.3. The molecule has 0 spiro atoms. The maximum atomic E-state index is 13.2. The monoisotopic (exact) mass is 1280 g/mol. The fourth-order valence-electron chi connectivity index (χ4n) is 12.4. The predicted octanol–water partition coefficient (Wildman–Crippen LogP) is 18.9. The number of phosphoric acid groups is 1. The Balaban J connectivity index is 1.15. The lowest BCUT2D eigenvalue weighted by Gasteiger charge is -2.30. The average Bonchev–Trinajstić information content (AvgIpc) is 1.62. The Hall–Kier alpha value is -4.91. The summed E-state index contributed by atoms with van der Waals surface area (Å²) >= 11 is 0. The number of phosphoric ester groups is 1. The summed E-state index contributed by atoms with van der Waals surface area (Å²) in [7, 11) is 1.51. The van der Waals surface area contributed by atoms with Crippen molar-refractivity contribution >= 4 is 42.8 Å². The molecule has 0 bridgehead atoms. The molecule has 0 radical (unpaired) electrons. The van der Waals surface area contributed by atoms with Gasteiger partial charge in [-0.3, -0.25) is 23.4 Å². The number of nitrogens with zero attached hydrogens (tertiary/aromatic N) is 3. The fourth-order valence-corrected chi connectivity index (χ4v) is 13.1. The van der Waals surface area contributed by atoms with Crippen LogP contribution in [0.15, 0.2) is 109 Å². The second-order valence-corrected chi connectivity index (χ2v) is 28.7. The summed E-state index contributed by atoms with van der Waals surface area (Å²) in [6, 6.07) is 17.3. The predicted molar refractivity (Wildman–Crippen MR) is 378 cm³/mol. The normalized spacial score (nSPS) is 16.0. The number of anilines is 1. The van der Waals surface area contributed by atoms with Gasteiger partial charge in [-0.2, -0.15) is 4.58 Å². The Labute approximate surface area is 552 Å². The molecule has 1 amide bonds. The lowest BCUT2D eigenvalue weighted by Crippen LogP contribution is -2.47. The number of para-hydroxylation sites is 2. The van der Waals surface area contributed by atoms with Gasteiger partial charge >= 0.3 is 19.8 Å². The SMILES string of the molecule is CCCCCCCC/C=C\CCCCCCCC(=O)OC[C@H](COP(=O)(O)OCC[N+](C)(C)CCNC(=O)CCCCCN1/C(=C/C=C/C=C/C2=[N+](C)c3ccccc3C2(C)C)C(C)(C)c2ccccc21)OC(=O)CCCCCCC/C=C\CCCCCCCC. The molecule has 2 heterocycles. The van der Waals surface area contributed by atoms with Gasteiger partial charge in [-0.25, -0.2) is 4.57 Å². The molecular formula is C77H125N4O9P+2. The first-order valence-electron chi connectivity index (χ1n) is 35.8. The molecule has 91 heavy (non-hydrogen) atoms. The highest BCUT2D eigenvalue weighted by atomic mass is 31.2. The third-order valence-electron chi connectivity index (χ3n) is 18.2. The van der Waals surface area contributed by atoms with Gasteiger partial charge in [0.2, 0.25) is 11.6 Å². The number of unbranched alkanes of at least 4 members (excludes halogenated alkanes) is 24. The van der Waals surface area contributed by atoms with E-state index < -0.39 is 32.5 Å². The van der Waals surface area contributed by atoms with Crippen LogP contribution in [0.1, 0.15) is 258 Å². The first kappa shape index (κ1) is 78.5. The van der Waals surface area contributed by atoms with Crippen LogP contribution < -0.4 is 10.2 Å². The minimum Gasteiger partial charge on any atom is -0.462 e. The third kappa shape index (κ3) is 31.3. The highest BCUT2D eigenvalue weighted by Gasteiger charge is 2.43. The molecule has 2 aromatic carbocycles. The summed E-state index contributed by atoms with van der Waals surface area (Å²) in [5.74, 6) is -0.869. The Morgan fingerprint density at radius 3 is 1.71 bits per heavy atom. The topological polar surface area (TPSA) is 144 Å². The van der Waals surface area contributed by atoms with Crippen LogP contribution in [0.3, 0.4) is 0 Å². The van der Waals surface area contributed by atoms with E-state index in [1.165, 1.54) is 117 Å². The number of fused-ring (bicyclic) bond motifs is 2. The molecule has 0 aliphatic carbocycles. The molecule has 13 nitrogen and oxygen atoms in total. The minimum atomic E-state index is -4.58. The zero-order valence-electron chi connectivity index (χ0n) is 58.5. The smallest absolute Gasteiger partial charge is 0.462 e. The van der Waals surface area contributed by atoms with Crippen LogP contribution in [0.5, 0.6) is 0 Å². The maximum absolute atomic E-state index is 13.2. The minimum absolute atomic E-state index is 0.00170. The van der Waals surface area contributed by atoms with Crippen LogP contribution in [0, 0.1) is 0 Å². The maximum Gasteiger partial charge on any atom is 0.472 e. The van der Waals surface area contributed by atoms with Gasteiger partial charge in [0, 0.05) is 60.3 Å². The summed E-state index contributed by atoms with van der Waals surface area (Å²) in [5, 5.41) is 3.07. The van der Waals surface area contributed by atoms with Crippen molar-refractivity contribution in [2.75, 3.05) is 72.0 Å². The number of ether oxygens (including phenoxy) is 2. The van der Waals surface area contributed by atoms with Gasteiger partial charge in [-0.1, -0.05) is 216 Å². The number of likely N-dealkylation sites (N-methyl/N-ethyl adjacent to an activating group) is 1. The number of esters is 2. The van der Waals surface area contributed by atoms with Crippen molar-refractivity contribution < 1.29 is 51.4 Å². The molecule has 510 valence electrons. The van der Waals surface area contributed by atoms with Gasteiger partial charge in [0.25, 0.3) is 0 Å². The van der Waals surface area contributed by atoms with E-state index in [0.717, 1.165) is 96.4 Å². The molecule has 2 aliphatic heterocycles. The van der Waals surface area contributed by atoms with Gasteiger partial charge in [-0.05, 0) is 109 Å². The molecule has 1 unspecified atom stereocenters. The number of nitrogens with one attached hydrogen (secondary N) is 1. The van der Waals surface area contributed by atoms with Crippen LogP contribution in [0.25, 0.3) is 0 Å². The molecule has 2 N–H and O–H groups in total. The van der Waals surface area contributed by atoms with Crippen LogP contribution in [0.4, 0.5) is 11.4 Å². The Bertz CT molecular complexity index is 2650. The van der Waals surface area contributed by atoms with Crippen molar-refractivity contribution in [3.05, 3.63) is 120 Å². The standard InChI is InChI=1S/C77H123N4O9P/c1-10-12-14-16-18-20-22-24-26-28-30-32-34-36-43-57-74(83)87-64-66(90-75(84)58-44-37-35-33-31-29-27-25-23-21-19-17-15-13-11-2)65-89-91(85,86)88-63-62-81(8,9)61-59-78-73(82)56-42-39-49-60-80-70-53-48-46-51-68(70)77(5,6)72(80)55-41-38-40-54-71-76(3,4)67-50-45-47-52-69(67)79(71)7/h24-27,38,40-41,45-48,50-55,66H,10-23,28-37,39,42-44,49,56-65H2,1-9H3/p+2/b26-24-,27-25-/t66-/m1/s1. The van der Waals surface area contributed by atoms with E-state index >= 15 is 0 Å². The molecule has 14 heteroatoms. The van der Waals surface area contributed by atoms with E-state index in [-0.39, 0.29) is 42.8 Å². The number of hydrogen-bond donors (Lipinski definition) is 2. The van der Waals surface area contributed by atoms with Crippen molar-refractivity contribution in [3.63, 3.8) is 0 Å². The summed E-state index contributed by atoms with van der Waals surface area (Å²) in [5.41, 5.74) is 7.44. The van der Waals surface area contributed by atoms with Crippen LogP contribution in [-0.2, 0) is 48.3 Å². The van der Waals surface area contributed by atoms with Crippen LogP contribution in [0.2, 0.25) is 0 Å². The van der Waals surface area contributed by atoms with E-state index in [1.54, 1.807) is 0 Å². The number of benzene rings is 2. The van der Waals surface area contributed by atoms with E-state index in [9.17, 15) is 23.8 Å².